The molecule has 1 amide bonds. The summed E-state index contributed by atoms with van der Waals surface area (Å²) in [6, 6.07) is 18.9. The second-order valence-electron chi connectivity index (χ2n) is 9.93. The SMILES string of the molecule is CC(=O)Nc1ccc(-n2c(=O)n(CCN3CCC(C(=O)c4ccc(F)cc4)CC3)c3c(C)cccc32)cc1. The molecule has 196 valence electrons. The third-order valence-electron chi connectivity index (χ3n) is 7.32. The Morgan fingerprint density at radius 3 is 2.29 bits per heavy atom. The maximum absolute atomic E-state index is 13.7. The molecule has 0 aliphatic carbocycles. The predicted molar refractivity (Wildman–Crippen MR) is 146 cm³/mol. The summed E-state index contributed by atoms with van der Waals surface area (Å²) in [6.07, 6.45) is 1.49. The number of halogens is 1. The largest absolute Gasteiger partial charge is 0.333 e. The minimum Gasteiger partial charge on any atom is -0.326 e. The Kier molecular flexibility index (Phi) is 7.24. The molecule has 3 aromatic carbocycles. The topological polar surface area (TPSA) is 76.3 Å². The monoisotopic (exact) mass is 514 g/mol. The van der Waals surface area contributed by atoms with E-state index in [1.54, 1.807) is 28.8 Å². The number of nitrogens with one attached hydrogen (secondary N) is 1. The fraction of sp³-hybridized carbons (Fsp3) is 0.300. The molecule has 1 fully saturated rings. The molecule has 2 heterocycles. The van der Waals surface area contributed by atoms with Gasteiger partial charge in [-0.15, -0.1) is 0 Å². The summed E-state index contributed by atoms with van der Waals surface area (Å²) in [5.41, 5.74) is 4.63. The van der Waals surface area contributed by atoms with Crippen LogP contribution in [0.3, 0.4) is 0 Å². The molecular weight excluding hydrogens is 483 g/mol. The molecule has 1 aliphatic rings. The van der Waals surface area contributed by atoms with Crippen molar-refractivity contribution >= 4 is 28.4 Å². The molecule has 1 aliphatic heterocycles. The lowest BCUT2D eigenvalue weighted by molar-refractivity contribution is -0.114. The van der Waals surface area contributed by atoms with Gasteiger partial charge in [0.15, 0.2) is 5.78 Å². The fourth-order valence-electron chi connectivity index (χ4n) is 5.36. The highest BCUT2D eigenvalue weighted by Gasteiger charge is 2.26. The normalized spacial score (nSPS) is 14.6. The van der Waals surface area contributed by atoms with Crippen molar-refractivity contribution < 1.29 is 14.0 Å². The van der Waals surface area contributed by atoms with Crippen molar-refractivity contribution in [2.75, 3.05) is 25.0 Å². The first kappa shape index (κ1) is 25.6. The van der Waals surface area contributed by atoms with Crippen LogP contribution in [0.1, 0.15) is 35.7 Å². The minimum atomic E-state index is -0.342. The van der Waals surface area contributed by atoms with Crippen LogP contribution in [0.4, 0.5) is 10.1 Å². The molecule has 5 rings (SSSR count). The molecule has 0 bridgehead atoms. The zero-order valence-corrected chi connectivity index (χ0v) is 21.6. The first-order valence-electron chi connectivity index (χ1n) is 12.9. The van der Waals surface area contributed by atoms with Crippen molar-refractivity contribution in [3.63, 3.8) is 0 Å². The van der Waals surface area contributed by atoms with Crippen molar-refractivity contribution in [1.29, 1.82) is 0 Å². The Morgan fingerprint density at radius 1 is 0.947 bits per heavy atom. The summed E-state index contributed by atoms with van der Waals surface area (Å²) in [5.74, 6) is -0.482. The number of aryl methyl sites for hydroxylation is 1. The number of para-hydroxylation sites is 1. The van der Waals surface area contributed by atoms with E-state index in [1.807, 2.05) is 41.8 Å². The van der Waals surface area contributed by atoms with Crippen molar-refractivity contribution in [3.8, 4) is 5.69 Å². The number of hydrogen-bond donors (Lipinski definition) is 1. The van der Waals surface area contributed by atoms with E-state index >= 15 is 0 Å². The number of imidazole rings is 1. The number of carbonyl (C=O) groups is 2. The number of Topliss-reactive ketones (excluding diaryl/α,β-unsaturated/α-hetero) is 1. The number of amides is 1. The first-order chi connectivity index (χ1) is 18.3. The van der Waals surface area contributed by atoms with Gasteiger partial charge in [-0.2, -0.15) is 0 Å². The lowest BCUT2D eigenvalue weighted by Crippen LogP contribution is -2.39. The number of piperidine rings is 1. The number of likely N-dealkylation sites (tertiary alicyclic amines) is 1. The third kappa shape index (κ3) is 5.17. The summed E-state index contributed by atoms with van der Waals surface area (Å²) in [7, 11) is 0. The number of hydrogen-bond acceptors (Lipinski definition) is 4. The number of rotatable bonds is 7. The smallest absolute Gasteiger partial charge is 0.326 e. The molecule has 8 heteroatoms. The van der Waals surface area contributed by atoms with Crippen LogP contribution in [0.25, 0.3) is 16.7 Å². The molecule has 38 heavy (non-hydrogen) atoms. The highest BCUT2D eigenvalue weighted by molar-refractivity contribution is 5.97. The van der Waals surface area contributed by atoms with Crippen molar-refractivity contribution in [2.45, 2.75) is 33.2 Å². The molecule has 1 aromatic heterocycles. The number of benzene rings is 3. The number of carbonyl (C=O) groups excluding carboxylic acids is 2. The van der Waals surface area contributed by atoms with Crippen LogP contribution in [0.15, 0.2) is 71.5 Å². The van der Waals surface area contributed by atoms with Gasteiger partial charge < -0.3 is 10.2 Å². The maximum Gasteiger partial charge on any atom is 0.333 e. The maximum atomic E-state index is 13.7. The van der Waals surface area contributed by atoms with Crippen molar-refractivity contribution in [1.82, 2.24) is 14.0 Å². The second-order valence-corrected chi connectivity index (χ2v) is 9.93. The first-order valence-corrected chi connectivity index (χ1v) is 12.9. The lowest BCUT2D eigenvalue weighted by atomic mass is 9.89. The van der Waals surface area contributed by atoms with Gasteiger partial charge in [0.05, 0.1) is 16.7 Å². The lowest BCUT2D eigenvalue weighted by Gasteiger charge is -2.31. The van der Waals surface area contributed by atoms with Gasteiger partial charge in [-0.3, -0.25) is 18.7 Å². The summed E-state index contributed by atoms with van der Waals surface area (Å²) < 4.78 is 16.8. The standard InChI is InChI=1S/C30H31FN4O3/c1-20-4-3-5-27-28(20)34(30(38)35(27)26-12-10-25(11-13-26)32-21(2)36)19-18-33-16-14-23(15-17-33)29(37)22-6-8-24(31)9-7-22/h3-13,23H,14-19H2,1-2H3,(H,32,36). The van der Waals surface area contributed by atoms with E-state index < -0.39 is 0 Å². The zero-order chi connectivity index (χ0) is 26.8. The number of fused-ring (bicyclic) bond motifs is 1. The highest BCUT2D eigenvalue weighted by atomic mass is 19.1. The average Bonchev–Trinajstić information content (AvgIpc) is 3.20. The molecule has 0 radical (unpaired) electrons. The van der Waals surface area contributed by atoms with E-state index in [0.717, 1.165) is 48.2 Å². The molecule has 1 saturated heterocycles. The van der Waals surface area contributed by atoms with E-state index in [1.165, 1.54) is 19.1 Å². The van der Waals surface area contributed by atoms with Crippen LogP contribution >= 0.6 is 0 Å². The number of ketones is 1. The predicted octanol–water partition coefficient (Wildman–Crippen LogP) is 4.79. The van der Waals surface area contributed by atoms with Crippen molar-refractivity contribution in [2.24, 2.45) is 5.92 Å². The summed E-state index contributed by atoms with van der Waals surface area (Å²) >= 11 is 0. The molecule has 0 spiro atoms. The molecule has 0 saturated carbocycles. The van der Waals surface area contributed by atoms with Gasteiger partial charge in [0.1, 0.15) is 5.82 Å². The van der Waals surface area contributed by atoms with Gasteiger partial charge in [-0.05, 0) is 93.0 Å². The average molecular weight is 515 g/mol. The molecule has 7 nitrogen and oxygen atoms in total. The van der Waals surface area contributed by atoms with Gasteiger partial charge in [0, 0.05) is 37.2 Å². The van der Waals surface area contributed by atoms with Crippen LogP contribution in [0, 0.1) is 18.7 Å². The van der Waals surface area contributed by atoms with Gasteiger partial charge in [-0.25, -0.2) is 9.18 Å². The minimum absolute atomic E-state index is 0.0657. The Bertz CT molecular complexity index is 1530. The number of anilines is 1. The fourth-order valence-corrected chi connectivity index (χ4v) is 5.36. The highest BCUT2D eigenvalue weighted by Crippen LogP contribution is 2.24. The summed E-state index contributed by atoms with van der Waals surface area (Å²) in [5, 5.41) is 2.75. The van der Waals surface area contributed by atoms with Gasteiger partial charge in [0.25, 0.3) is 0 Å². The van der Waals surface area contributed by atoms with Gasteiger partial charge in [-0.1, -0.05) is 12.1 Å². The van der Waals surface area contributed by atoms with E-state index in [-0.39, 0.29) is 29.1 Å². The van der Waals surface area contributed by atoms with Crippen LogP contribution in [-0.2, 0) is 11.3 Å². The molecular formula is C30H31FN4O3. The zero-order valence-electron chi connectivity index (χ0n) is 21.6. The van der Waals surface area contributed by atoms with E-state index in [2.05, 4.69) is 10.2 Å². The second kappa shape index (κ2) is 10.8. The molecule has 4 aromatic rings. The van der Waals surface area contributed by atoms with Crippen LogP contribution < -0.4 is 11.0 Å². The Labute approximate surface area is 220 Å². The van der Waals surface area contributed by atoms with Crippen LogP contribution in [0.5, 0.6) is 0 Å². The summed E-state index contributed by atoms with van der Waals surface area (Å²) in [4.78, 5) is 40.2. The Hall–Kier alpha value is -4.04. The van der Waals surface area contributed by atoms with E-state index in [0.29, 0.717) is 24.3 Å². The number of nitrogens with zero attached hydrogens (tertiary/aromatic N) is 3. The summed E-state index contributed by atoms with van der Waals surface area (Å²) in [6.45, 7) is 6.25. The third-order valence-corrected chi connectivity index (χ3v) is 7.32. The van der Waals surface area contributed by atoms with Gasteiger partial charge in [0.2, 0.25) is 5.91 Å². The Morgan fingerprint density at radius 2 is 1.63 bits per heavy atom. The number of aromatic nitrogens is 2. The molecule has 0 unspecified atom stereocenters. The Balaban J connectivity index is 1.32. The van der Waals surface area contributed by atoms with Crippen LogP contribution in [-0.4, -0.2) is 45.4 Å². The molecule has 1 N–H and O–H groups in total. The molecule has 0 atom stereocenters. The van der Waals surface area contributed by atoms with Crippen molar-refractivity contribution in [3.05, 3.63) is 94.2 Å². The van der Waals surface area contributed by atoms with E-state index in [9.17, 15) is 18.8 Å². The van der Waals surface area contributed by atoms with E-state index in [4.69, 9.17) is 0 Å². The van der Waals surface area contributed by atoms with Crippen LogP contribution in [0.2, 0.25) is 0 Å². The quantitative estimate of drug-likeness (QED) is 0.360. The van der Waals surface area contributed by atoms with Gasteiger partial charge >= 0.3 is 5.69 Å².